The van der Waals surface area contributed by atoms with Crippen LogP contribution in [0.5, 0.6) is 5.75 Å². The fraction of sp³-hybridized carbons (Fsp3) is 0.440. The number of nitrogens with zero attached hydrogens (tertiary/aromatic N) is 2. The van der Waals surface area contributed by atoms with Crippen molar-refractivity contribution in [1.82, 2.24) is 14.3 Å². The molecule has 1 amide bonds. The van der Waals surface area contributed by atoms with E-state index in [-0.39, 0.29) is 22.8 Å². The van der Waals surface area contributed by atoms with Crippen molar-refractivity contribution in [3.63, 3.8) is 0 Å². The topological polar surface area (TPSA) is 114 Å². The Morgan fingerprint density at radius 2 is 1.94 bits per heavy atom. The SMILES string of the molecule is CCOc1ccc(S(=O)(=O)N2CCC(C(=O)Nc3ccc4nc(C5CCCO5)[nH]c4c3)CC2)cc1. The maximum Gasteiger partial charge on any atom is 0.243 e. The van der Waals surface area contributed by atoms with Gasteiger partial charge in [-0.15, -0.1) is 0 Å². The van der Waals surface area contributed by atoms with Gasteiger partial charge in [-0.25, -0.2) is 13.4 Å². The monoisotopic (exact) mass is 498 g/mol. The molecule has 1 aromatic heterocycles. The molecule has 2 fully saturated rings. The van der Waals surface area contributed by atoms with Crippen molar-refractivity contribution < 1.29 is 22.7 Å². The molecular formula is C25H30N4O5S. The minimum atomic E-state index is -3.61. The summed E-state index contributed by atoms with van der Waals surface area (Å²) >= 11 is 0. The van der Waals surface area contributed by atoms with E-state index in [0.717, 1.165) is 36.3 Å². The van der Waals surface area contributed by atoms with Gasteiger partial charge in [0, 0.05) is 31.3 Å². The number of ether oxygens (including phenoxy) is 2. The number of anilines is 1. The lowest BCUT2D eigenvalue weighted by molar-refractivity contribution is -0.120. The minimum absolute atomic E-state index is 0.00418. The van der Waals surface area contributed by atoms with Crippen molar-refractivity contribution in [3.05, 3.63) is 48.3 Å². The van der Waals surface area contributed by atoms with Gasteiger partial charge in [0.25, 0.3) is 0 Å². The van der Waals surface area contributed by atoms with E-state index in [9.17, 15) is 13.2 Å². The number of fused-ring (bicyclic) bond motifs is 1. The van der Waals surface area contributed by atoms with E-state index in [2.05, 4.69) is 15.3 Å². The first-order valence-electron chi connectivity index (χ1n) is 12.1. The molecule has 5 rings (SSSR count). The Hall–Kier alpha value is -2.95. The molecule has 0 bridgehead atoms. The number of H-pyrrole nitrogens is 1. The third-order valence-electron chi connectivity index (χ3n) is 6.60. The van der Waals surface area contributed by atoms with Crippen LogP contribution in [0.3, 0.4) is 0 Å². The molecule has 1 unspecified atom stereocenters. The quantitative estimate of drug-likeness (QED) is 0.512. The average Bonchev–Trinajstić information content (AvgIpc) is 3.54. The summed E-state index contributed by atoms with van der Waals surface area (Å²) in [6.45, 7) is 3.76. The first-order chi connectivity index (χ1) is 16.9. The van der Waals surface area contributed by atoms with Crippen molar-refractivity contribution in [1.29, 1.82) is 0 Å². The highest BCUT2D eigenvalue weighted by Crippen LogP contribution is 2.30. The molecule has 0 spiro atoms. The second-order valence-corrected chi connectivity index (χ2v) is 10.9. The number of nitrogens with one attached hydrogen (secondary N) is 2. The summed E-state index contributed by atoms with van der Waals surface area (Å²) in [4.78, 5) is 21.1. The van der Waals surface area contributed by atoms with Gasteiger partial charge in [0.2, 0.25) is 15.9 Å². The standard InChI is InChI=1S/C25H30N4O5S/c1-2-33-19-6-8-20(9-7-19)35(31,32)29-13-11-17(12-14-29)25(30)26-18-5-10-21-22(16-18)28-24(27-21)23-4-3-15-34-23/h5-10,16-17,23H,2-4,11-15H2,1H3,(H,26,30)(H,27,28). The lowest BCUT2D eigenvalue weighted by atomic mass is 9.97. The van der Waals surface area contributed by atoms with Crippen LogP contribution in [0.15, 0.2) is 47.4 Å². The fourth-order valence-corrected chi connectivity index (χ4v) is 6.15. The lowest BCUT2D eigenvalue weighted by Crippen LogP contribution is -2.41. The molecule has 0 saturated carbocycles. The number of amides is 1. The first-order valence-corrected chi connectivity index (χ1v) is 13.5. The van der Waals surface area contributed by atoms with E-state index in [1.165, 1.54) is 4.31 Å². The number of hydrogen-bond donors (Lipinski definition) is 2. The normalized spacial score (nSPS) is 19.7. The molecular weight excluding hydrogens is 468 g/mol. The lowest BCUT2D eigenvalue weighted by Gasteiger charge is -2.30. The highest BCUT2D eigenvalue weighted by atomic mass is 32.2. The number of carbonyl (C=O) groups excluding carboxylic acids is 1. The highest BCUT2D eigenvalue weighted by Gasteiger charge is 2.32. The molecule has 186 valence electrons. The van der Waals surface area contributed by atoms with E-state index >= 15 is 0 Å². The van der Waals surface area contributed by atoms with Crippen LogP contribution < -0.4 is 10.1 Å². The Morgan fingerprint density at radius 3 is 2.63 bits per heavy atom. The second kappa shape index (κ2) is 9.96. The number of carbonyl (C=O) groups is 1. The molecule has 3 aromatic rings. The number of benzene rings is 2. The van der Waals surface area contributed by atoms with Gasteiger partial charge in [-0.2, -0.15) is 4.31 Å². The van der Waals surface area contributed by atoms with E-state index in [4.69, 9.17) is 9.47 Å². The van der Waals surface area contributed by atoms with Crippen LogP contribution in [0.2, 0.25) is 0 Å². The Morgan fingerprint density at radius 1 is 1.17 bits per heavy atom. The van der Waals surface area contributed by atoms with E-state index in [1.54, 1.807) is 24.3 Å². The smallest absolute Gasteiger partial charge is 0.243 e. The zero-order valence-electron chi connectivity index (χ0n) is 19.7. The van der Waals surface area contributed by atoms with Crippen molar-refractivity contribution >= 4 is 32.7 Å². The van der Waals surface area contributed by atoms with Crippen molar-refractivity contribution in [2.24, 2.45) is 5.92 Å². The predicted octanol–water partition coefficient (Wildman–Crippen LogP) is 3.85. The van der Waals surface area contributed by atoms with Crippen LogP contribution >= 0.6 is 0 Å². The van der Waals surface area contributed by atoms with Crippen LogP contribution in [0.1, 0.15) is 44.5 Å². The van der Waals surface area contributed by atoms with Crippen molar-refractivity contribution in [2.75, 3.05) is 31.6 Å². The summed E-state index contributed by atoms with van der Waals surface area (Å²) in [5.41, 5.74) is 2.38. The predicted molar refractivity (Wildman–Crippen MR) is 132 cm³/mol. The van der Waals surface area contributed by atoms with Gasteiger partial charge in [-0.3, -0.25) is 4.79 Å². The molecule has 10 heteroatoms. The number of aromatic amines is 1. The summed E-state index contributed by atoms with van der Waals surface area (Å²) in [5.74, 6) is 1.11. The van der Waals surface area contributed by atoms with Gasteiger partial charge in [0.05, 0.1) is 22.5 Å². The third-order valence-corrected chi connectivity index (χ3v) is 8.51. The maximum absolute atomic E-state index is 13.0. The largest absolute Gasteiger partial charge is 0.494 e. The number of rotatable bonds is 7. The number of imidazole rings is 1. The molecule has 3 heterocycles. The summed E-state index contributed by atoms with van der Waals surface area (Å²) in [7, 11) is -3.61. The van der Waals surface area contributed by atoms with Crippen LogP contribution in [-0.4, -0.2) is 54.9 Å². The molecule has 2 saturated heterocycles. The van der Waals surface area contributed by atoms with Gasteiger partial charge in [0.15, 0.2) is 0 Å². The number of piperidine rings is 1. The van der Waals surface area contributed by atoms with E-state index in [0.29, 0.717) is 44.0 Å². The number of aromatic nitrogens is 2. The van der Waals surface area contributed by atoms with Crippen LogP contribution in [0.4, 0.5) is 5.69 Å². The number of hydrogen-bond acceptors (Lipinski definition) is 6. The average molecular weight is 499 g/mol. The summed E-state index contributed by atoms with van der Waals surface area (Å²) < 4.78 is 38.6. The Balaban J connectivity index is 1.19. The van der Waals surface area contributed by atoms with Crippen LogP contribution in [0.25, 0.3) is 11.0 Å². The van der Waals surface area contributed by atoms with E-state index in [1.807, 2.05) is 25.1 Å². The zero-order valence-corrected chi connectivity index (χ0v) is 20.5. The van der Waals surface area contributed by atoms with Gasteiger partial charge < -0.3 is 19.8 Å². The molecule has 1 atom stereocenters. The van der Waals surface area contributed by atoms with Gasteiger partial charge in [0.1, 0.15) is 17.7 Å². The van der Waals surface area contributed by atoms with Gasteiger partial charge in [-0.1, -0.05) is 0 Å². The second-order valence-electron chi connectivity index (χ2n) is 8.93. The Bertz CT molecular complexity index is 1290. The fourth-order valence-electron chi connectivity index (χ4n) is 4.68. The highest BCUT2D eigenvalue weighted by molar-refractivity contribution is 7.89. The molecule has 2 aliphatic heterocycles. The zero-order chi connectivity index (χ0) is 24.4. The summed E-state index contributed by atoms with van der Waals surface area (Å²) in [5, 5.41) is 2.99. The van der Waals surface area contributed by atoms with E-state index < -0.39 is 10.0 Å². The molecule has 0 radical (unpaired) electrons. The third kappa shape index (κ3) is 5.05. The maximum atomic E-state index is 13.0. The molecule has 2 N–H and O–H groups in total. The summed E-state index contributed by atoms with van der Waals surface area (Å²) in [6, 6.07) is 12.1. The number of sulfonamides is 1. The van der Waals surface area contributed by atoms with Crippen molar-refractivity contribution in [3.8, 4) is 5.75 Å². The molecule has 2 aliphatic rings. The molecule has 2 aromatic carbocycles. The first kappa shape index (κ1) is 23.8. The molecule has 0 aliphatic carbocycles. The van der Waals surface area contributed by atoms with Crippen molar-refractivity contribution in [2.45, 2.75) is 43.6 Å². The molecule has 9 nitrogen and oxygen atoms in total. The Labute approximate surface area is 204 Å². The van der Waals surface area contributed by atoms with Gasteiger partial charge >= 0.3 is 0 Å². The minimum Gasteiger partial charge on any atom is -0.494 e. The van der Waals surface area contributed by atoms with Gasteiger partial charge in [-0.05, 0) is 75.1 Å². The molecule has 35 heavy (non-hydrogen) atoms. The van der Waals surface area contributed by atoms with Crippen LogP contribution in [0, 0.1) is 5.92 Å². The summed E-state index contributed by atoms with van der Waals surface area (Å²) in [6.07, 6.45) is 2.93. The van der Waals surface area contributed by atoms with Crippen LogP contribution in [-0.2, 0) is 19.6 Å². The Kier molecular flexibility index (Phi) is 6.77.